The minimum Gasteiger partial charge on any atom is -0.339 e. The number of Topliss-reactive ketones (excluding diaryl/α,β-unsaturated/α-hetero) is 1. The Morgan fingerprint density at radius 1 is 1.38 bits per heavy atom. The van der Waals surface area contributed by atoms with Gasteiger partial charge in [-0.25, -0.2) is 0 Å². The van der Waals surface area contributed by atoms with Crippen LogP contribution >= 0.6 is 0 Å². The normalized spacial score (nSPS) is 28.1. The molecule has 0 aromatic rings. The van der Waals surface area contributed by atoms with Crippen LogP contribution < -0.4 is 5.32 Å². The van der Waals surface area contributed by atoms with Gasteiger partial charge in [0, 0.05) is 38.2 Å². The summed E-state index contributed by atoms with van der Waals surface area (Å²) in [4.78, 5) is 25.8. The molecular weight excluding hydrogens is 204 g/mol. The van der Waals surface area contributed by atoms with Crippen molar-refractivity contribution in [3.8, 4) is 0 Å². The van der Waals surface area contributed by atoms with Gasteiger partial charge in [0.15, 0.2) is 5.78 Å². The maximum absolute atomic E-state index is 12.1. The second-order valence-corrected chi connectivity index (χ2v) is 4.46. The zero-order valence-electron chi connectivity index (χ0n) is 9.03. The van der Waals surface area contributed by atoms with E-state index in [2.05, 4.69) is 5.32 Å². The molecule has 0 saturated carbocycles. The minimum atomic E-state index is -0.542. The van der Waals surface area contributed by atoms with Gasteiger partial charge in [-0.2, -0.15) is 0 Å². The lowest BCUT2D eigenvalue weighted by molar-refractivity contribution is -0.138. The van der Waals surface area contributed by atoms with Gasteiger partial charge in [0.05, 0.1) is 0 Å². The number of ketones is 1. The third kappa shape index (κ3) is 1.50. The van der Waals surface area contributed by atoms with Crippen LogP contribution in [-0.2, 0) is 9.59 Å². The number of nitrogens with zero attached hydrogens (tertiary/aromatic N) is 1. The van der Waals surface area contributed by atoms with Gasteiger partial charge in [-0.15, -0.1) is 0 Å². The quantitative estimate of drug-likeness (QED) is 0.624. The van der Waals surface area contributed by atoms with Gasteiger partial charge in [0.2, 0.25) is 5.91 Å². The molecule has 4 nitrogen and oxygen atoms in total. The fourth-order valence-corrected chi connectivity index (χ4v) is 2.31. The van der Waals surface area contributed by atoms with E-state index in [4.69, 9.17) is 0 Å². The lowest BCUT2D eigenvalue weighted by Crippen LogP contribution is -2.49. The minimum absolute atomic E-state index is 0.0267. The molecule has 1 N–H and O–H groups in total. The number of hydrogen-bond acceptors (Lipinski definition) is 3. The second kappa shape index (κ2) is 3.56. The molecule has 0 bridgehead atoms. The Bertz CT molecular complexity index is 417. The van der Waals surface area contributed by atoms with E-state index in [1.54, 1.807) is 11.0 Å². The average molecular weight is 218 g/mol. The number of piperazine rings is 1. The molecule has 3 rings (SSSR count). The van der Waals surface area contributed by atoms with E-state index in [0.717, 1.165) is 30.7 Å². The third-order valence-electron chi connectivity index (χ3n) is 3.39. The van der Waals surface area contributed by atoms with Gasteiger partial charge in [0.1, 0.15) is 5.92 Å². The van der Waals surface area contributed by atoms with Crippen LogP contribution in [0.3, 0.4) is 0 Å². The number of rotatable bonds is 1. The van der Waals surface area contributed by atoms with Crippen molar-refractivity contribution < 1.29 is 9.59 Å². The molecule has 0 spiro atoms. The van der Waals surface area contributed by atoms with Crippen molar-refractivity contribution in [1.29, 1.82) is 0 Å². The van der Waals surface area contributed by atoms with Crippen molar-refractivity contribution in [2.45, 2.75) is 6.42 Å². The summed E-state index contributed by atoms with van der Waals surface area (Å²) in [5, 5.41) is 3.19. The van der Waals surface area contributed by atoms with Crippen LogP contribution in [0.25, 0.3) is 0 Å². The van der Waals surface area contributed by atoms with Crippen molar-refractivity contribution in [2.24, 2.45) is 5.92 Å². The Balaban J connectivity index is 1.73. The molecule has 1 unspecified atom stereocenters. The lowest BCUT2D eigenvalue weighted by Gasteiger charge is -2.29. The highest BCUT2D eigenvalue weighted by Crippen LogP contribution is 2.39. The van der Waals surface area contributed by atoms with E-state index in [0.29, 0.717) is 13.1 Å². The predicted molar refractivity (Wildman–Crippen MR) is 58.7 cm³/mol. The second-order valence-electron chi connectivity index (χ2n) is 4.46. The summed E-state index contributed by atoms with van der Waals surface area (Å²) < 4.78 is 0. The van der Waals surface area contributed by atoms with Gasteiger partial charge in [0.25, 0.3) is 0 Å². The Hall–Kier alpha value is -1.42. The van der Waals surface area contributed by atoms with Crippen molar-refractivity contribution in [2.75, 3.05) is 26.2 Å². The molecule has 16 heavy (non-hydrogen) atoms. The molecule has 4 heteroatoms. The fourth-order valence-electron chi connectivity index (χ4n) is 2.31. The number of carbonyl (C=O) groups excluding carboxylic acids is 2. The van der Waals surface area contributed by atoms with Crippen LogP contribution in [0.4, 0.5) is 0 Å². The monoisotopic (exact) mass is 218 g/mol. The number of carbonyl (C=O) groups is 2. The summed E-state index contributed by atoms with van der Waals surface area (Å²) in [6, 6.07) is 0. The highest BCUT2D eigenvalue weighted by Gasteiger charge is 2.39. The predicted octanol–water partition coefficient (Wildman–Crippen LogP) is -0.126. The average Bonchev–Trinajstić information content (AvgIpc) is 3.10. The van der Waals surface area contributed by atoms with E-state index in [-0.39, 0.29) is 11.7 Å². The van der Waals surface area contributed by atoms with Crippen LogP contribution in [0.1, 0.15) is 6.42 Å². The molecule has 3 aliphatic rings. The number of amides is 1. The molecule has 1 aliphatic heterocycles. The van der Waals surface area contributed by atoms with E-state index >= 15 is 0 Å². The van der Waals surface area contributed by atoms with Crippen LogP contribution in [0.15, 0.2) is 23.3 Å². The zero-order valence-corrected chi connectivity index (χ0v) is 9.03. The largest absolute Gasteiger partial charge is 0.339 e. The molecule has 0 aromatic carbocycles. The van der Waals surface area contributed by atoms with Gasteiger partial charge in [-0.1, -0.05) is 12.2 Å². The molecule has 2 aliphatic carbocycles. The fraction of sp³-hybridized carbons (Fsp3) is 0.500. The first kappa shape index (κ1) is 9.78. The van der Waals surface area contributed by atoms with E-state index in [9.17, 15) is 9.59 Å². The van der Waals surface area contributed by atoms with Gasteiger partial charge in [-0.05, 0) is 5.57 Å². The summed E-state index contributed by atoms with van der Waals surface area (Å²) in [7, 11) is 0. The first-order valence-electron chi connectivity index (χ1n) is 5.71. The Morgan fingerprint density at radius 2 is 2.12 bits per heavy atom. The zero-order chi connectivity index (χ0) is 11.1. The highest BCUT2D eigenvalue weighted by atomic mass is 16.2. The Labute approximate surface area is 94.0 Å². The maximum Gasteiger partial charge on any atom is 0.237 e. The summed E-state index contributed by atoms with van der Waals surface area (Å²) >= 11 is 0. The molecule has 0 aromatic heterocycles. The van der Waals surface area contributed by atoms with Crippen LogP contribution in [0.5, 0.6) is 0 Å². The molecule has 84 valence electrons. The number of nitrogens with one attached hydrogen (secondary N) is 1. The van der Waals surface area contributed by atoms with Crippen molar-refractivity contribution >= 4 is 11.7 Å². The first-order valence-corrected chi connectivity index (χ1v) is 5.71. The summed E-state index contributed by atoms with van der Waals surface area (Å²) in [5.74, 6) is -0.540. The van der Waals surface area contributed by atoms with E-state index < -0.39 is 5.92 Å². The van der Waals surface area contributed by atoms with Crippen LogP contribution in [0, 0.1) is 5.92 Å². The Morgan fingerprint density at radius 3 is 2.88 bits per heavy atom. The summed E-state index contributed by atoms with van der Waals surface area (Å²) in [6.45, 7) is 3.07. The highest BCUT2D eigenvalue weighted by molar-refractivity contribution is 6.15. The molecule has 1 amide bonds. The van der Waals surface area contributed by atoms with E-state index in [1.165, 1.54) is 0 Å². The van der Waals surface area contributed by atoms with E-state index in [1.807, 2.05) is 6.08 Å². The van der Waals surface area contributed by atoms with Crippen molar-refractivity contribution in [3.05, 3.63) is 23.3 Å². The topological polar surface area (TPSA) is 49.4 Å². The number of hydrogen-bond donors (Lipinski definition) is 1. The van der Waals surface area contributed by atoms with Crippen LogP contribution in [-0.4, -0.2) is 42.8 Å². The lowest BCUT2D eigenvalue weighted by atomic mass is 9.97. The van der Waals surface area contributed by atoms with Gasteiger partial charge in [-0.3, -0.25) is 9.59 Å². The number of allylic oxidation sites excluding steroid dienone is 3. The smallest absolute Gasteiger partial charge is 0.237 e. The molecular formula is C12H14N2O2. The SMILES string of the molecule is O=C1C2=C(C=CC1C(=O)N1CCNCC1)C2. The molecule has 1 atom stereocenters. The molecule has 1 fully saturated rings. The summed E-state index contributed by atoms with van der Waals surface area (Å²) in [6.07, 6.45) is 4.49. The Kier molecular flexibility index (Phi) is 2.17. The van der Waals surface area contributed by atoms with Gasteiger partial charge >= 0.3 is 0 Å². The van der Waals surface area contributed by atoms with Crippen molar-refractivity contribution in [3.63, 3.8) is 0 Å². The van der Waals surface area contributed by atoms with Crippen LogP contribution in [0.2, 0.25) is 0 Å². The standard InChI is InChI=1S/C12H14N2O2/c15-11-9(2-1-8-7-10(8)11)12(16)14-5-3-13-4-6-14/h1-2,9,13H,3-7H2. The summed E-state index contributed by atoms with van der Waals surface area (Å²) in [5.41, 5.74) is 1.99. The molecule has 1 saturated heterocycles. The van der Waals surface area contributed by atoms with Crippen molar-refractivity contribution in [1.82, 2.24) is 10.2 Å². The third-order valence-corrected chi connectivity index (χ3v) is 3.39. The molecule has 1 heterocycles. The van der Waals surface area contributed by atoms with Gasteiger partial charge < -0.3 is 10.2 Å². The maximum atomic E-state index is 12.1. The first-order chi connectivity index (χ1) is 7.77. The molecule has 0 radical (unpaired) electrons.